The van der Waals surface area contributed by atoms with E-state index in [4.69, 9.17) is 0 Å². The molecule has 1 saturated heterocycles. The summed E-state index contributed by atoms with van der Waals surface area (Å²) in [5.41, 5.74) is -1.07. The number of carbonyl (C=O) groups excluding carboxylic acids is 3. The smallest absolute Gasteiger partial charge is 0.277 e. The summed E-state index contributed by atoms with van der Waals surface area (Å²) >= 11 is 0. The van der Waals surface area contributed by atoms with Crippen molar-refractivity contribution in [3.63, 3.8) is 0 Å². The lowest BCUT2D eigenvalue weighted by Crippen LogP contribution is -2.62. The number of nitrogens with one attached hydrogen (secondary N) is 2. The second-order valence-electron chi connectivity index (χ2n) is 4.67. The van der Waals surface area contributed by atoms with Crippen LogP contribution < -0.4 is 10.6 Å². The van der Waals surface area contributed by atoms with Gasteiger partial charge in [0.1, 0.15) is 5.41 Å². The maximum atomic E-state index is 11.9. The minimum atomic E-state index is -1.07. The summed E-state index contributed by atoms with van der Waals surface area (Å²) in [5.74, 6) is -0.704. The Hall–Kier alpha value is -1.39. The average molecular weight is 226 g/mol. The maximum absolute atomic E-state index is 11.9. The van der Waals surface area contributed by atoms with Crippen molar-refractivity contribution in [2.75, 3.05) is 0 Å². The summed E-state index contributed by atoms with van der Waals surface area (Å²) < 4.78 is 0. The van der Waals surface area contributed by atoms with E-state index in [2.05, 4.69) is 10.6 Å². The molecule has 0 atom stereocenters. The minimum Gasteiger partial charge on any atom is -0.277 e. The molecule has 0 aliphatic carbocycles. The molecule has 1 aliphatic rings. The predicted molar refractivity (Wildman–Crippen MR) is 58.5 cm³/mol. The van der Waals surface area contributed by atoms with Crippen molar-refractivity contribution in [2.45, 2.75) is 40.0 Å². The lowest BCUT2D eigenvalue weighted by molar-refractivity contribution is -0.146. The summed E-state index contributed by atoms with van der Waals surface area (Å²) in [4.78, 5) is 34.7. The molecule has 0 saturated carbocycles. The Morgan fingerprint density at radius 1 is 1.12 bits per heavy atom. The molecule has 1 rings (SSSR count). The van der Waals surface area contributed by atoms with Gasteiger partial charge in [0.2, 0.25) is 11.8 Å². The van der Waals surface area contributed by atoms with Crippen molar-refractivity contribution in [3.05, 3.63) is 0 Å². The van der Waals surface area contributed by atoms with Crippen LogP contribution in [0.2, 0.25) is 0 Å². The number of rotatable bonds is 4. The van der Waals surface area contributed by atoms with Crippen LogP contribution in [0.4, 0.5) is 4.79 Å². The zero-order valence-electron chi connectivity index (χ0n) is 9.92. The van der Waals surface area contributed by atoms with Crippen LogP contribution in [0.25, 0.3) is 0 Å². The SMILES string of the molecule is CCCC1(CC(C)C)C(=O)NC(=O)NC1=O. The molecule has 0 spiro atoms. The van der Waals surface area contributed by atoms with E-state index in [0.717, 1.165) is 6.42 Å². The van der Waals surface area contributed by atoms with Gasteiger partial charge in [0.15, 0.2) is 0 Å². The van der Waals surface area contributed by atoms with Crippen molar-refractivity contribution in [1.29, 1.82) is 0 Å². The zero-order chi connectivity index (χ0) is 12.3. The molecule has 4 amide bonds. The molecule has 0 aromatic carbocycles. The van der Waals surface area contributed by atoms with Crippen molar-refractivity contribution in [1.82, 2.24) is 10.6 Å². The van der Waals surface area contributed by atoms with Crippen LogP contribution in [-0.2, 0) is 9.59 Å². The Balaban J connectivity index is 3.01. The molecule has 90 valence electrons. The Kier molecular flexibility index (Phi) is 3.67. The number of urea groups is 1. The van der Waals surface area contributed by atoms with Gasteiger partial charge in [0.05, 0.1) is 0 Å². The first-order chi connectivity index (χ1) is 7.42. The topological polar surface area (TPSA) is 75.3 Å². The molecular formula is C11H18N2O3. The first kappa shape index (κ1) is 12.7. The fraction of sp³-hybridized carbons (Fsp3) is 0.727. The lowest BCUT2D eigenvalue weighted by Gasteiger charge is -2.34. The van der Waals surface area contributed by atoms with Gasteiger partial charge in [-0.2, -0.15) is 0 Å². The molecular weight excluding hydrogens is 208 g/mol. The van der Waals surface area contributed by atoms with Gasteiger partial charge < -0.3 is 0 Å². The van der Waals surface area contributed by atoms with Gasteiger partial charge in [0.25, 0.3) is 0 Å². The molecule has 0 aromatic heterocycles. The summed E-state index contributed by atoms with van der Waals surface area (Å²) in [5, 5.41) is 4.36. The van der Waals surface area contributed by atoms with Gasteiger partial charge in [-0.3, -0.25) is 20.2 Å². The Bertz CT molecular complexity index is 303. The Labute approximate surface area is 95.0 Å². The summed E-state index contributed by atoms with van der Waals surface area (Å²) in [7, 11) is 0. The molecule has 5 nitrogen and oxygen atoms in total. The maximum Gasteiger partial charge on any atom is 0.328 e. The fourth-order valence-electron chi connectivity index (χ4n) is 2.22. The van der Waals surface area contributed by atoms with Gasteiger partial charge in [-0.25, -0.2) is 4.79 Å². The van der Waals surface area contributed by atoms with Crippen molar-refractivity contribution in [3.8, 4) is 0 Å². The number of carbonyl (C=O) groups is 3. The van der Waals surface area contributed by atoms with Crippen LogP contribution >= 0.6 is 0 Å². The van der Waals surface area contributed by atoms with Gasteiger partial charge in [-0.15, -0.1) is 0 Å². The summed E-state index contributed by atoms with van der Waals surface area (Å²) in [6.07, 6.45) is 1.66. The van der Waals surface area contributed by atoms with Gasteiger partial charge in [-0.05, 0) is 18.8 Å². The highest BCUT2D eigenvalue weighted by molar-refractivity contribution is 6.19. The van der Waals surface area contributed by atoms with Gasteiger partial charge in [0, 0.05) is 0 Å². The Morgan fingerprint density at radius 2 is 1.62 bits per heavy atom. The average Bonchev–Trinajstić information content (AvgIpc) is 2.13. The second-order valence-corrected chi connectivity index (χ2v) is 4.67. The summed E-state index contributed by atoms with van der Waals surface area (Å²) in [6.45, 7) is 5.82. The van der Waals surface area contributed by atoms with Gasteiger partial charge >= 0.3 is 6.03 Å². The molecule has 0 bridgehead atoms. The fourth-order valence-corrected chi connectivity index (χ4v) is 2.22. The highest BCUT2D eigenvalue weighted by Crippen LogP contribution is 2.34. The molecule has 1 heterocycles. The van der Waals surface area contributed by atoms with E-state index in [1.54, 1.807) is 0 Å². The van der Waals surface area contributed by atoms with Crippen molar-refractivity contribution in [2.24, 2.45) is 11.3 Å². The van der Waals surface area contributed by atoms with E-state index in [-0.39, 0.29) is 5.92 Å². The van der Waals surface area contributed by atoms with Crippen LogP contribution in [0.5, 0.6) is 0 Å². The number of amides is 4. The van der Waals surface area contributed by atoms with Crippen molar-refractivity contribution >= 4 is 17.8 Å². The molecule has 16 heavy (non-hydrogen) atoms. The Morgan fingerprint density at radius 3 is 2.00 bits per heavy atom. The first-order valence-corrected chi connectivity index (χ1v) is 5.59. The number of imide groups is 2. The highest BCUT2D eigenvalue weighted by atomic mass is 16.2. The van der Waals surface area contributed by atoms with E-state index in [1.165, 1.54) is 0 Å². The highest BCUT2D eigenvalue weighted by Gasteiger charge is 2.49. The minimum absolute atomic E-state index is 0.219. The van der Waals surface area contributed by atoms with E-state index in [9.17, 15) is 14.4 Å². The van der Waals surface area contributed by atoms with E-state index < -0.39 is 23.3 Å². The van der Waals surface area contributed by atoms with Crippen LogP contribution in [0.3, 0.4) is 0 Å². The van der Waals surface area contributed by atoms with Crippen molar-refractivity contribution < 1.29 is 14.4 Å². The van der Waals surface area contributed by atoms with Crippen LogP contribution in [0, 0.1) is 11.3 Å². The van der Waals surface area contributed by atoms with Crippen LogP contribution in [0.1, 0.15) is 40.0 Å². The number of hydrogen-bond acceptors (Lipinski definition) is 3. The van der Waals surface area contributed by atoms with E-state index in [0.29, 0.717) is 12.8 Å². The zero-order valence-corrected chi connectivity index (χ0v) is 9.92. The molecule has 1 fully saturated rings. The largest absolute Gasteiger partial charge is 0.328 e. The first-order valence-electron chi connectivity index (χ1n) is 5.59. The molecule has 1 aliphatic heterocycles. The molecule has 0 unspecified atom stereocenters. The third-order valence-electron chi connectivity index (χ3n) is 2.76. The second kappa shape index (κ2) is 4.63. The third-order valence-corrected chi connectivity index (χ3v) is 2.76. The van der Waals surface area contributed by atoms with Crippen LogP contribution in [-0.4, -0.2) is 17.8 Å². The van der Waals surface area contributed by atoms with Gasteiger partial charge in [-0.1, -0.05) is 27.2 Å². The predicted octanol–water partition coefficient (Wildman–Crippen LogP) is 1.18. The molecule has 5 heteroatoms. The molecule has 0 aromatic rings. The third kappa shape index (κ3) is 2.23. The normalized spacial score (nSPS) is 19.6. The standard InChI is InChI=1S/C11H18N2O3/c1-4-5-11(6-7(2)3)8(14)12-10(16)13-9(11)15/h7H,4-6H2,1-3H3,(H2,12,13,14,15,16). The number of barbiturate groups is 1. The lowest BCUT2D eigenvalue weighted by atomic mass is 9.74. The quantitative estimate of drug-likeness (QED) is 0.707. The van der Waals surface area contributed by atoms with Crippen LogP contribution in [0.15, 0.2) is 0 Å². The monoisotopic (exact) mass is 226 g/mol. The van der Waals surface area contributed by atoms with E-state index >= 15 is 0 Å². The summed E-state index contributed by atoms with van der Waals surface area (Å²) in [6, 6.07) is -0.717. The molecule has 0 radical (unpaired) electrons. The number of hydrogen-bond donors (Lipinski definition) is 2. The van der Waals surface area contributed by atoms with E-state index in [1.807, 2.05) is 20.8 Å². The molecule has 2 N–H and O–H groups in total.